The second-order valence-corrected chi connectivity index (χ2v) is 7.71. The molecule has 0 radical (unpaired) electrons. The number of fused-ring (bicyclic) bond motifs is 1. The number of hydrazone groups is 1. The van der Waals surface area contributed by atoms with Crippen molar-refractivity contribution in [3.05, 3.63) is 58.6 Å². The zero-order valence-corrected chi connectivity index (χ0v) is 17.4. The van der Waals surface area contributed by atoms with E-state index < -0.39 is 29.7 Å². The predicted molar refractivity (Wildman–Crippen MR) is 112 cm³/mol. The molecule has 1 saturated heterocycles. The number of imide groups is 1. The molecule has 2 atom stereocenters. The summed E-state index contributed by atoms with van der Waals surface area (Å²) in [4.78, 5) is 40.1. The number of carbonyl (C=O) groups excluding carboxylic acids is 3. The Morgan fingerprint density at radius 3 is 2.28 bits per heavy atom. The number of hydrogen-bond donors (Lipinski definition) is 0. The van der Waals surface area contributed by atoms with E-state index in [1.807, 2.05) is 31.2 Å². The molecule has 0 aromatic heterocycles. The number of carbonyl (C=O) groups is 3. The highest BCUT2D eigenvalue weighted by molar-refractivity contribution is 9.10. The molecule has 4 rings (SSSR count). The quantitative estimate of drug-likeness (QED) is 0.522. The second kappa shape index (κ2) is 7.44. The highest BCUT2D eigenvalue weighted by Gasteiger charge is 2.59. The smallest absolute Gasteiger partial charge is 0.355 e. The van der Waals surface area contributed by atoms with Crippen molar-refractivity contribution < 1.29 is 19.1 Å². The van der Waals surface area contributed by atoms with Gasteiger partial charge in [0.2, 0.25) is 5.91 Å². The van der Waals surface area contributed by atoms with Gasteiger partial charge in [-0.3, -0.25) is 14.6 Å². The van der Waals surface area contributed by atoms with Crippen LogP contribution in [0.1, 0.15) is 12.5 Å². The minimum absolute atomic E-state index is 0.0459. The molecule has 2 aliphatic rings. The van der Waals surface area contributed by atoms with E-state index in [4.69, 9.17) is 4.74 Å². The van der Waals surface area contributed by atoms with E-state index in [0.717, 1.165) is 14.9 Å². The van der Waals surface area contributed by atoms with Gasteiger partial charge in [0.05, 0.1) is 18.0 Å². The first kappa shape index (κ1) is 19.3. The molecule has 0 aliphatic carbocycles. The number of halogens is 1. The average Bonchev–Trinajstić information content (AvgIpc) is 3.21. The van der Waals surface area contributed by atoms with Crippen LogP contribution in [0.15, 0.2) is 58.1 Å². The molecule has 7 nitrogen and oxygen atoms in total. The minimum atomic E-state index is -1.01. The van der Waals surface area contributed by atoms with E-state index in [2.05, 4.69) is 21.0 Å². The Morgan fingerprint density at radius 2 is 1.66 bits per heavy atom. The summed E-state index contributed by atoms with van der Waals surface area (Å²) in [7, 11) is 0. The molecule has 148 valence electrons. The summed E-state index contributed by atoms with van der Waals surface area (Å²) in [5.74, 6) is -2.60. The normalized spacial score (nSPS) is 20.7. The lowest BCUT2D eigenvalue weighted by Gasteiger charge is -2.22. The number of aryl methyl sites for hydroxylation is 1. The van der Waals surface area contributed by atoms with Crippen LogP contribution in [0.2, 0.25) is 0 Å². The third kappa shape index (κ3) is 3.23. The van der Waals surface area contributed by atoms with Crippen LogP contribution in [-0.4, -0.2) is 36.1 Å². The van der Waals surface area contributed by atoms with Gasteiger partial charge in [-0.1, -0.05) is 33.6 Å². The van der Waals surface area contributed by atoms with E-state index >= 15 is 0 Å². The summed E-state index contributed by atoms with van der Waals surface area (Å²) in [6.45, 7) is 3.78. The lowest BCUT2D eigenvalue weighted by atomic mass is 9.97. The van der Waals surface area contributed by atoms with E-state index in [9.17, 15) is 14.4 Å². The van der Waals surface area contributed by atoms with E-state index in [0.29, 0.717) is 11.4 Å². The number of rotatable bonds is 4. The van der Waals surface area contributed by atoms with Crippen molar-refractivity contribution in [1.82, 2.24) is 0 Å². The molecule has 0 unspecified atom stereocenters. The van der Waals surface area contributed by atoms with Crippen LogP contribution in [0.4, 0.5) is 11.4 Å². The topological polar surface area (TPSA) is 79.3 Å². The van der Waals surface area contributed by atoms with Gasteiger partial charge in [0.15, 0.2) is 5.71 Å². The van der Waals surface area contributed by atoms with E-state index in [1.165, 1.54) is 5.01 Å². The van der Waals surface area contributed by atoms with Crippen LogP contribution in [0, 0.1) is 12.8 Å². The van der Waals surface area contributed by atoms with Gasteiger partial charge < -0.3 is 4.74 Å². The molecule has 8 heteroatoms. The lowest BCUT2D eigenvalue weighted by Crippen LogP contribution is -2.39. The molecule has 2 aromatic carbocycles. The highest BCUT2D eigenvalue weighted by Crippen LogP contribution is 2.38. The first-order valence-electron chi connectivity index (χ1n) is 9.17. The summed E-state index contributed by atoms with van der Waals surface area (Å²) in [5, 5.41) is 5.79. The van der Waals surface area contributed by atoms with Crippen molar-refractivity contribution in [3.8, 4) is 0 Å². The van der Waals surface area contributed by atoms with Gasteiger partial charge in [-0.05, 0) is 50.2 Å². The Morgan fingerprint density at radius 1 is 1.03 bits per heavy atom. The summed E-state index contributed by atoms with van der Waals surface area (Å²) >= 11 is 3.35. The lowest BCUT2D eigenvalue weighted by molar-refractivity contribution is -0.136. The monoisotopic (exact) mass is 455 g/mol. The number of nitrogens with zero attached hydrogens (tertiary/aromatic N) is 3. The highest BCUT2D eigenvalue weighted by atomic mass is 79.9. The third-order valence-corrected chi connectivity index (χ3v) is 5.45. The number of benzene rings is 2. The molecule has 2 amide bonds. The zero-order chi connectivity index (χ0) is 20.7. The minimum Gasteiger partial charge on any atom is -0.461 e. The number of amides is 2. The number of esters is 1. The SMILES string of the molecule is CCOC(=O)C1=NN(c2ccc(C)cc2)[C@@H]2C(=O)N(c3ccc(Br)cc3)C(=O)[C@@H]12. The van der Waals surface area contributed by atoms with Crippen LogP contribution in [-0.2, 0) is 19.1 Å². The molecule has 2 heterocycles. The third-order valence-electron chi connectivity index (χ3n) is 4.92. The van der Waals surface area contributed by atoms with Crippen molar-refractivity contribution in [2.45, 2.75) is 19.9 Å². The molecular formula is C21H18BrN3O4. The maximum atomic E-state index is 13.3. The van der Waals surface area contributed by atoms with E-state index in [1.54, 1.807) is 31.2 Å². The molecule has 0 spiro atoms. The largest absolute Gasteiger partial charge is 0.461 e. The summed E-state index contributed by atoms with van der Waals surface area (Å²) < 4.78 is 5.92. The van der Waals surface area contributed by atoms with Crippen molar-refractivity contribution in [3.63, 3.8) is 0 Å². The fourth-order valence-electron chi connectivity index (χ4n) is 3.54. The summed E-state index contributed by atoms with van der Waals surface area (Å²) in [6.07, 6.45) is 0. The van der Waals surface area contributed by atoms with Crippen molar-refractivity contribution >= 4 is 50.8 Å². The van der Waals surface area contributed by atoms with Gasteiger partial charge in [-0.25, -0.2) is 9.69 Å². The Balaban J connectivity index is 1.78. The van der Waals surface area contributed by atoms with Gasteiger partial charge in [-0.15, -0.1) is 0 Å². The summed E-state index contributed by atoms with van der Waals surface area (Å²) in [6, 6.07) is 13.3. The first-order chi connectivity index (χ1) is 13.9. The van der Waals surface area contributed by atoms with Crippen molar-refractivity contribution in [1.29, 1.82) is 0 Å². The van der Waals surface area contributed by atoms with Gasteiger partial charge >= 0.3 is 5.97 Å². The second-order valence-electron chi connectivity index (χ2n) is 6.80. The molecule has 0 bridgehead atoms. The molecule has 0 saturated carbocycles. The van der Waals surface area contributed by atoms with Crippen LogP contribution >= 0.6 is 15.9 Å². The Hall–Kier alpha value is -3.00. The van der Waals surface area contributed by atoms with Crippen LogP contribution < -0.4 is 9.91 Å². The molecule has 2 aromatic rings. The van der Waals surface area contributed by atoms with Gasteiger partial charge in [0.1, 0.15) is 12.0 Å². The fourth-order valence-corrected chi connectivity index (χ4v) is 3.81. The van der Waals surface area contributed by atoms with Crippen molar-refractivity contribution in [2.24, 2.45) is 11.0 Å². The van der Waals surface area contributed by atoms with Crippen LogP contribution in [0.25, 0.3) is 0 Å². The van der Waals surface area contributed by atoms with Crippen LogP contribution in [0.5, 0.6) is 0 Å². The average molecular weight is 456 g/mol. The van der Waals surface area contributed by atoms with E-state index in [-0.39, 0.29) is 12.3 Å². The van der Waals surface area contributed by atoms with Gasteiger partial charge in [-0.2, -0.15) is 5.10 Å². The van der Waals surface area contributed by atoms with Gasteiger partial charge in [0.25, 0.3) is 5.91 Å². The maximum Gasteiger partial charge on any atom is 0.355 e. The molecular weight excluding hydrogens is 438 g/mol. The zero-order valence-electron chi connectivity index (χ0n) is 15.8. The number of ether oxygens (including phenoxy) is 1. The maximum absolute atomic E-state index is 13.3. The van der Waals surface area contributed by atoms with Crippen molar-refractivity contribution in [2.75, 3.05) is 16.5 Å². The summed E-state index contributed by atoms with van der Waals surface area (Å²) in [5.41, 5.74) is 2.08. The molecule has 29 heavy (non-hydrogen) atoms. The number of anilines is 2. The molecule has 2 aliphatic heterocycles. The molecule has 0 N–H and O–H groups in total. The Bertz CT molecular complexity index is 1020. The van der Waals surface area contributed by atoms with Gasteiger partial charge in [0, 0.05) is 4.47 Å². The Labute approximate surface area is 176 Å². The van der Waals surface area contributed by atoms with Crippen LogP contribution in [0.3, 0.4) is 0 Å². The Kier molecular flexibility index (Phi) is 4.96. The number of hydrogen-bond acceptors (Lipinski definition) is 6. The fraction of sp³-hybridized carbons (Fsp3) is 0.238. The predicted octanol–water partition coefficient (Wildman–Crippen LogP) is 3.05. The first-order valence-corrected chi connectivity index (χ1v) is 9.96. The molecule has 1 fully saturated rings. The standard InChI is InChI=1S/C21H18BrN3O4/c1-3-29-21(28)17-16-18(25(23-17)15-8-4-12(2)5-9-15)20(27)24(19(16)26)14-10-6-13(22)7-11-14/h4-11,16,18H,3H2,1-2H3/t16-,18-/m0/s1.